The molecule has 6 aromatic carbocycles. The van der Waals surface area contributed by atoms with E-state index in [0.29, 0.717) is 104 Å². The van der Waals surface area contributed by atoms with E-state index in [0.717, 1.165) is 105 Å². The molecule has 4 amide bonds. The van der Waals surface area contributed by atoms with Crippen LogP contribution in [0.4, 0.5) is 57.4 Å². The number of pyridine rings is 3. The lowest BCUT2D eigenvalue weighted by atomic mass is 10.1. The molecule has 0 atom stereocenters. The first-order valence-electron chi connectivity index (χ1n) is 36.7. The summed E-state index contributed by atoms with van der Waals surface area (Å²) < 4.78 is 13.8. The molecule has 0 saturated carbocycles. The van der Waals surface area contributed by atoms with Gasteiger partial charge in [-0.2, -0.15) is 4.98 Å². The Bertz CT molecular complexity index is 6750. The van der Waals surface area contributed by atoms with E-state index < -0.39 is 0 Å². The Morgan fingerprint density at radius 2 is 1.09 bits per heavy atom. The van der Waals surface area contributed by atoms with Crippen molar-refractivity contribution in [3.8, 4) is 34.1 Å². The summed E-state index contributed by atoms with van der Waals surface area (Å²) in [5.41, 5.74) is 19.8. The smallest absolute Gasteiger partial charge is 0.255 e. The maximum absolute atomic E-state index is 12.8. The Hall–Kier alpha value is -15.6. The zero-order valence-electron chi connectivity index (χ0n) is 62.5. The van der Waals surface area contributed by atoms with Crippen LogP contribution in [0, 0.1) is 0 Å². The first kappa shape index (κ1) is 78.7. The molecule has 11 heterocycles. The van der Waals surface area contributed by atoms with Gasteiger partial charge in [0.15, 0.2) is 5.58 Å². The number of benzene rings is 6. The highest BCUT2D eigenvalue weighted by Gasteiger charge is 2.20. The lowest BCUT2D eigenvalue weighted by molar-refractivity contribution is -0.114. The van der Waals surface area contributed by atoms with Crippen molar-refractivity contribution in [1.29, 1.82) is 0 Å². The number of hydrogen-bond acceptors (Lipinski definition) is 21. The molecule has 0 spiro atoms. The van der Waals surface area contributed by atoms with Crippen molar-refractivity contribution in [3.05, 3.63) is 332 Å². The number of anilines is 10. The summed E-state index contributed by atoms with van der Waals surface area (Å²) in [5.74, 6) is 1.41. The third kappa shape index (κ3) is 19.0. The molecule has 18 rings (SSSR count). The lowest BCUT2D eigenvalue weighted by Gasteiger charge is -2.13. The van der Waals surface area contributed by atoms with E-state index >= 15 is 0 Å². The first-order chi connectivity index (χ1) is 57.6. The number of H-pyrrole nitrogens is 2. The Labute approximate surface area is 694 Å². The Morgan fingerprint density at radius 3 is 1.74 bits per heavy atom. The second kappa shape index (κ2) is 35.9. The molecule has 28 heteroatoms. The van der Waals surface area contributed by atoms with Crippen molar-refractivity contribution < 1.29 is 28.3 Å². The number of rotatable bonds is 24. The van der Waals surface area contributed by atoms with Crippen LogP contribution in [0.3, 0.4) is 0 Å². The summed E-state index contributed by atoms with van der Waals surface area (Å²) in [5, 5.41) is 30.2. The number of aromatic amines is 2. The van der Waals surface area contributed by atoms with E-state index in [2.05, 4.69) is 127 Å². The quantitative estimate of drug-likeness (QED) is 0.0153. The monoisotopic (exact) mass is 1630 g/mol. The van der Waals surface area contributed by atoms with Gasteiger partial charge in [-0.3, -0.25) is 24.2 Å². The molecule has 119 heavy (non-hydrogen) atoms. The predicted molar refractivity (Wildman–Crippen MR) is 478 cm³/mol. The highest BCUT2D eigenvalue weighted by molar-refractivity contribution is 7.18. The molecule has 0 fully saturated rings. The van der Waals surface area contributed by atoms with Crippen LogP contribution in [-0.2, 0) is 22.4 Å². The molecule has 1 aliphatic carbocycles. The topological polar surface area (TPSA) is 334 Å². The fraction of sp³-hybridized carbons (Fsp3) is 0.0440. The van der Waals surface area contributed by atoms with E-state index in [1.54, 1.807) is 78.5 Å². The van der Waals surface area contributed by atoms with Crippen molar-refractivity contribution in [2.75, 3.05) is 48.4 Å². The van der Waals surface area contributed by atoms with Crippen molar-refractivity contribution in [1.82, 2.24) is 54.8 Å². The van der Waals surface area contributed by atoms with Crippen LogP contribution < -0.4 is 47.3 Å². The van der Waals surface area contributed by atoms with Gasteiger partial charge < -0.3 is 61.7 Å². The molecular formula is C91H72ClN19O6S2. The largest absolute Gasteiger partial charge is 0.460 e. The molecular weight excluding hydrogens is 1550 g/mol. The fourth-order valence-electron chi connectivity index (χ4n) is 12.7. The minimum absolute atomic E-state index is 0. The van der Waals surface area contributed by atoms with Crippen molar-refractivity contribution >= 4 is 181 Å². The summed E-state index contributed by atoms with van der Waals surface area (Å²) in [7, 11) is 0. The van der Waals surface area contributed by atoms with E-state index in [4.69, 9.17) is 35.7 Å². The lowest BCUT2D eigenvalue weighted by Crippen LogP contribution is -2.14. The number of furan rings is 1. The van der Waals surface area contributed by atoms with Crippen LogP contribution in [0.25, 0.3) is 87.9 Å². The molecule has 0 saturated heterocycles. The number of carbonyl (C=O) groups excluding carboxylic acids is 4. The Kier molecular flexibility index (Phi) is 23.7. The first-order valence-corrected chi connectivity index (χ1v) is 39.0. The van der Waals surface area contributed by atoms with Crippen LogP contribution in [0.5, 0.6) is 11.6 Å². The number of nitrogens with one attached hydrogen (secondary N) is 10. The van der Waals surface area contributed by atoms with Gasteiger partial charge in [0.2, 0.25) is 29.6 Å². The zero-order valence-corrected chi connectivity index (χ0v) is 64.9. The number of fused-ring (bicyclic) bond motifs is 6. The highest BCUT2D eigenvalue weighted by Crippen LogP contribution is 2.37. The molecule has 0 bridgehead atoms. The van der Waals surface area contributed by atoms with Gasteiger partial charge >= 0.3 is 0 Å². The fourth-order valence-corrected chi connectivity index (χ4v) is 14.3. The standard InChI is InChI=1S/C31H24N6O2S.C30H23N7O2.C29H21ClN6O2S.CH4/c1-3-28(38)34-22-12-10-20(11-13-22)19(2)33-23-7-5-8-24(17-23)35-31-36-27-14-15-40-29(27)30(37-31)39-25-16-21-6-4-9-26(21)32-18-25;1-3-18(2)33-22-9-7-19(8-10-22)29(38)34-23-5-4-6-24(16-23)35-30-36-25-12-14-39-27(25)26(37-30)21-15-20-11-13-31-28(20)32-17-21;30-15-25(37)33-21-6-4-18(5-7-21)29(38)34-22-3-1-2-17(12-22)13-24-35-23-9-11-39-27(23)26(36-24)20-14-19-8-10-31-28(19)32-16-20;/h3-8,10-18,33H,1-2,9H2,(H,34,38)(H,35,36,37);3-17,33H,1-2H2,(H,31,32)(H,34,38)(H,35,36,37);1-12,14,16H,13,15H2,(H,31,32)(H,33,37)(H,34,38);1H4. The highest BCUT2D eigenvalue weighted by atomic mass is 35.5. The Morgan fingerprint density at radius 1 is 0.521 bits per heavy atom. The molecule has 0 radical (unpaired) electrons. The summed E-state index contributed by atoms with van der Waals surface area (Å²) in [6.07, 6.45) is 19.0. The minimum atomic E-state index is -0.307. The third-order valence-electron chi connectivity index (χ3n) is 18.3. The maximum atomic E-state index is 12.8. The number of alkyl halides is 1. The van der Waals surface area contributed by atoms with Crippen LogP contribution in [-0.4, -0.2) is 84.3 Å². The molecule has 0 unspecified atom stereocenters. The molecule has 1 aliphatic rings. The van der Waals surface area contributed by atoms with Crippen LogP contribution in [0.2, 0.25) is 0 Å². The summed E-state index contributed by atoms with van der Waals surface area (Å²) in [6.45, 7) is 15.1. The van der Waals surface area contributed by atoms with Crippen LogP contribution in [0.15, 0.2) is 297 Å². The van der Waals surface area contributed by atoms with Gasteiger partial charge in [0, 0.05) is 134 Å². The second-order valence-corrected chi connectivity index (χ2v) is 28.7. The van der Waals surface area contributed by atoms with E-state index in [1.165, 1.54) is 17.4 Å². The van der Waals surface area contributed by atoms with E-state index in [-0.39, 0.29) is 36.9 Å². The number of amides is 4. The molecule has 586 valence electrons. The molecule has 17 aromatic rings. The molecule has 0 aliphatic heterocycles. The number of thiophene rings is 2. The van der Waals surface area contributed by atoms with Gasteiger partial charge in [0.1, 0.15) is 44.7 Å². The number of aromatic nitrogens is 11. The second-order valence-electron chi connectivity index (χ2n) is 26.6. The molecule has 11 aromatic heterocycles. The zero-order chi connectivity index (χ0) is 81.0. The van der Waals surface area contributed by atoms with Gasteiger partial charge in [-0.25, -0.2) is 34.9 Å². The van der Waals surface area contributed by atoms with E-state index in [9.17, 15) is 19.2 Å². The predicted octanol–water partition coefficient (Wildman–Crippen LogP) is 21.2. The van der Waals surface area contributed by atoms with Crippen molar-refractivity contribution in [2.24, 2.45) is 0 Å². The van der Waals surface area contributed by atoms with Gasteiger partial charge in [0.25, 0.3) is 11.8 Å². The summed E-state index contributed by atoms with van der Waals surface area (Å²) >= 11 is 8.66. The van der Waals surface area contributed by atoms with Gasteiger partial charge in [-0.05, 0) is 191 Å². The summed E-state index contributed by atoms with van der Waals surface area (Å²) in [4.78, 5) is 96.7. The van der Waals surface area contributed by atoms with Gasteiger partial charge in [-0.15, -0.1) is 34.3 Å². The van der Waals surface area contributed by atoms with E-state index in [1.807, 2.05) is 175 Å². The maximum Gasteiger partial charge on any atom is 0.255 e. The minimum Gasteiger partial charge on any atom is -0.460 e. The number of hydrogen-bond donors (Lipinski definition) is 10. The number of carbonyl (C=O) groups is 4. The van der Waals surface area contributed by atoms with Gasteiger partial charge in [0.05, 0.1) is 39.6 Å². The van der Waals surface area contributed by atoms with Crippen molar-refractivity contribution in [3.63, 3.8) is 0 Å². The van der Waals surface area contributed by atoms with Crippen LogP contribution in [0.1, 0.15) is 56.4 Å². The average Bonchev–Trinajstić information content (AvgIpc) is 1.35. The normalized spacial score (nSPS) is 11.1. The van der Waals surface area contributed by atoms with Crippen LogP contribution >= 0.6 is 34.3 Å². The summed E-state index contributed by atoms with van der Waals surface area (Å²) in [6, 6.07) is 59.6. The average molecular weight is 1630 g/mol. The number of halogens is 1. The Balaban J connectivity index is 0.000000139. The number of allylic oxidation sites excluding steroid dienone is 2. The van der Waals surface area contributed by atoms with Gasteiger partial charge in [-0.1, -0.05) is 82.3 Å². The number of ether oxygens (including phenoxy) is 1. The van der Waals surface area contributed by atoms with Crippen molar-refractivity contribution in [2.45, 2.75) is 20.3 Å². The molecule has 25 nitrogen and oxygen atoms in total. The third-order valence-corrected chi connectivity index (χ3v) is 20.4. The molecule has 10 N–H and O–H groups in total. The SMILES string of the molecule is C.C=CC(=C)Nc1ccc(C(=O)Nc2cccc(Nc3nc(-c4cnc5[nH]ccc5c4)c4occc4n3)c2)cc1.C=CC(=O)Nc1ccc(C(=C)Nc2cccc(Nc3nc(Oc4cnc5c(c4)C=CC5)c4sccc4n3)c2)cc1.O=C(CCl)Nc1ccc(C(=O)Nc2cccc(Cc3nc(-c4cnc5[nH]ccc5c4)c4sccc4n3)c2)cc1. The number of nitrogens with zero attached hydrogens (tertiary/aromatic N) is 9.